The number of nitrogens with one attached hydrogen (secondary N) is 1. The molecule has 0 aromatic heterocycles. The molecule has 0 spiro atoms. The Kier molecular flexibility index (Phi) is 5.38. The molecule has 2 amide bonds. The highest BCUT2D eigenvalue weighted by Crippen LogP contribution is 2.09. The van der Waals surface area contributed by atoms with Gasteiger partial charge in [0.25, 0.3) is 0 Å². The Bertz CT molecular complexity index is 615. The average Bonchev–Trinajstić information content (AvgIpc) is 2.69. The predicted molar refractivity (Wildman–Crippen MR) is 83.7 cm³/mol. The number of benzene rings is 1. The van der Waals surface area contributed by atoms with Crippen LogP contribution in [0.4, 0.5) is 4.79 Å². The molecule has 7 nitrogen and oxygen atoms in total. The van der Waals surface area contributed by atoms with Gasteiger partial charge in [-0.15, -0.1) is 0 Å². The fraction of sp³-hybridized carbons (Fsp3) is 0.500. The molecular weight excluding hydrogens is 304 g/mol. The van der Waals surface area contributed by atoms with Gasteiger partial charge in [0.1, 0.15) is 0 Å². The first kappa shape index (κ1) is 16.7. The molecule has 122 valence electrons. The summed E-state index contributed by atoms with van der Waals surface area (Å²) in [6.45, 7) is 3.69. The normalized spacial score (nSPS) is 17.1. The van der Waals surface area contributed by atoms with Crippen molar-refractivity contribution in [1.29, 1.82) is 0 Å². The standard InChI is InChI=1S/C14H22N4O3S/c1-17-7-2-8-18(10-9-17)14(19)16-11-12-3-5-13(6-4-12)22(15,20)21/h3-6H,2,7-11H2,1H3,(H,16,19)(H2,15,20,21). The van der Waals surface area contributed by atoms with Gasteiger partial charge in [-0.3, -0.25) is 0 Å². The second kappa shape index (κ2) is 7.08. The summed E-state index contributed by atoms with van der Waals surface area (Å²) in [5.41, 5.74) is 0.827. The third kappa shape index (κ3) is 4.69. The van der Waals surface area contributed by atoms with Gasteiger partial charge >= 0.3 is 6.03 Å². The number of amides is 2. The van der Waals surface area contributed by atoms with E-state index in [2.05, 4.69) is 17.3 Å². The fourth-order valence-corrected chi connectivity index (χ4v) is 2.85. The quantitative estimate of drug-likeness (QED) is 0.828. The zero-order chi connectivity index (χ0) is 16.2. The molecule has 0 atom stereocenters. The molecule has 2 rings (SSSR count). The van der Waals surface area contributed by atoms with Crippen molar-refractivity contribution in [2.24, 2.45) is 5.14 Å². The number of primary sulfonamides is 1. The van der Waals surface area contributed by atoms with Crippen molar-refractivity contribution in [2.75, 3.05) is 33.2 Å². The van der Waals surface area contributed by atoms with Crippen molar-refractivity contribution in [3.05, 3.63) is 29.8 Å². The molecule has 0 radical (unpaired) electrons. The van der Waals surface area contributed by atoms with Crippen LogP contribution in [0, 0.1) is 0 Å². The van der Waals surface area contributed by atoms with Gasteiger partial charge in [0.15, 0.2) is 0 Å². The summed E-state index contributed by atoms with van der Waals surface area (Å²) >= 11 is 0. The first-order valence-corrected chi connectivity index (χ1v) is 8.74. The Hall–Kier alpha value is -1.64. The second-order valence-electron chi connectivity index (χ2n) is 5.49. The molecule has 1 saturated heterocycles. The van der Waals surface area contributed by atoms with E-state index in [1.807, 2.05) is 4.90 Å². The first-order chi connectivity index (χ1) is 10.4. The van der Waals surface area contributed by atoms with Gasteiger partial charge in [0.05, 0.1) is 4.90 Å². The van der Waals surface area contributed by atoms with Crippen molar-refractivity contribution < 1.29 is 13.2 Å². The maximum atomic E-state index is 12.1. The van der Waals surface area contributed by atoms with Crippen molar-refractivity contribution in [3.63, 3.8) is 0 Å². The smallest absolute Gasteiger partial charge is 0.317 e. The Morgan fingerprint density at radius 1 is 1.18 bits per heavy atom. The summed E-state index contributed by atoms with van der Waals surface area (Å²) in [5.74, 6) is 0. The van der Waals surface area contributed by atoms with Crippen molar-refractivity contribution in [1.82, 2.24) is 15.1 Å². The number of nitrogens with two attached hydrogens (primary N) is 1. The monoisotopic (exact) mass is 326 g/mol. The number of likely N-dealkylation sites (N-methyl/N-ethyl adjacent to an activating group) is 1. The van der Waals surface area contributed by atoms with E-state index in [1.165, 1.54) is 12.1 Å². The van der Waals surface area contributed by atoms with Crippen LogP contribution in [-0.2, 0) is 16.6 Å². The SMILES string of the molecule is CN1CCCN(C(=O)NCc2ccc(S(N)(=O)=O)cc2)CC1. The summed E-state index contributed by atoms with van der Waals surface area (Å²) in [6.07, 6.45) is 0.965. The van der Waals surface area contributed by atoms with Crippen LogP contribution in [0.1, 0.15) is 12.0 Å². The summed E-state index contributed by atoms with van der Waals surface area (Å²) in [6, 6.07) is 6.09. The van der Waals surface area contributed by atoms with E-state index in [9.17, 15) is 13.2 Å². The molecule has 0 aliphatic carbocycles. The Morgan fingerprint density at radius 3 is 2.50 bits per heavy atom. The molecule has 1 aliphatic rings. The predicted octanol–water partition coefficient (Wildman–Crippen LogP) is 0.181. The minimum atomic E-state index is -3.68. The maximum absolute atomic E-state index is 12.1. The molecular formula is C14H22N4O3S. The largest absolute Gasteiger partial charge is 0.334 e. The molecule has 1 heterocycles. The van der Waals surface area contributed by atoms with Crippen molar-refractivity contribution in [2.45, 2.75) is 17.9 Å². The summed E-state index contributed by atoms with van der Waals surface area (Å²) in [7, 11) is -1.63. The fourth-order valence-electron chi connectivity index (χ4n) is 2.34. The number of hydrogen-bond acceptors (Lipinski definition) is 4. The number of hydrogen-bond donors (Lipinski definition) is 2. The summed E-state index contributed by atoms with van der Waals surface area (Å²) in [4.78, 5) is 16.2. The van der Waals surface area contributed by atoms with Crippen LogP contribution in [-0.4, -0.2) is 57.5 Å². The lowest BCUT2D eigenvalue weighted by Gasteiger charge is -2.21. The number of sulfonamides is 1. The zero-order valence-electron chi connectivity index (χ0n) is 12.7. The highest BCUT2D eigenvalue weighted by atomic mass is 32.2. The van der Waals surface area contributed by atoms with E-state index in [1.54, 1.807) is 12.1 Å². The van der Waals surface area contributed by atoms with Gasteiger partial charge in [-0.25, -0.2) is 18.4 Å². The summed E-state index contributed by atoms with van der Waals surface area (Å²) < 4.78 is 22.3. The molecule has 8 heteroatoms. The van der Waals surface area contributed by atoms with Crippen molar-refractivity contribution >= 4 is 16.1 Å². The lowest BCUT2D eigenvalue weighted by Crippen LogP contribution is -2.41. The van der Waals surface area contributed by atoms with Crippen molar-refractivity contribution in [3.8, 4) is 0 Å². The molecule has 1 aliphatic heterocycles. The number of nitrogens with zero attached hydrogens (tertiary/aromatic N) is 2. The van der Waals surface area contributed by atoms with Crippen LogP contribution in [0.15, 0.2) is 29.2 Å². The number of carbonyl (C=O) groups is 1. The molecule has 0 unspecified atom stereocenters. The average molecular weight is 326 g/mol. The molecule has 22 heavy (non-hydrogen) atoms. The minimum absolute atomic E-state index is 0.0677. The van der Waals surface area contributed by atoms with Crippen LogP contribution in [0.5, 0.6) is 0 Å². The lowest BCUT2D eigenvalue weighted by atomic mass is 10.2. The van der Waals surface area contributed by atoms with Crippen LogP contribution in [0.3, 0.4) is 0 Å². The maximum Gasteiger partial charge on any atom is 0.317 e. The molecule has 3 N–H and O–H groups in total. The van der Waals surface area contributed by atoms with Crippen LogP contribution in [0.2, 0.25) is 0 Å². The van der Waals surface area contributed by atoms with E-state index in [-0.39, 0.29) is 10.9 Å². The van der Waals surface area contributed by atoms with Gasteiger partial charge in [-0.2, -0.15) is 0 Å². The minimum Gasteiger partial charge on any atom is -0.334 e. The van der Waals surface area contributed by atoms with Gasteiger partial charge in [0, 0.05) is 26.2 Å². The van der Waals surface area contributed by atoms with Crippen LogP contribution in [0.25, 0.3) is 0 Å². The molecule has 1 fully saturated rings. The molecule has 0 bridgehead atoms. The Balaban J connectivity index is 1.88. The van der Waals surface area contributed by atoms with Crippen LogP contribution < -0.4 is 10.5 Å². The van der Waals surface area contributed by atoms with Gasteiger partial charge in [0.2, 0.25) is 10.0 Å². The zero-order valence-corrected chi connectivity index (χ0v) is 13.5. The lowest BCUT2D eigenvalue weighted by molar-refractivity contribution is 0.199. The third-order valence-electron chi connectivity index (χ3n) is 3.70. The van der Waals surface area contributed by atoms with Gasteiger partial charge < -0.3 is 15.1 Å². The third-order valence-corrected chi connectivity index (χ3v) is 4.63. The summed E-state index contributed by atoms with van der Waals surface area (Å²) in [5, 5.41) is 7.90. The second-order valence-corrected chi connectivity index (χ2v) is 7.05. The van der Waals surface area contributed by atoms with Crippen LogP contribution >= 0.6 is 0 Å². The van der Waals surface area contributed by atoms with E-state index in [4.69, 9.17) is 5.14 Å². The Morgan fingerprint density at radius 2 is 1.86 bits per heavy atom. The van der Waals surface area contributed by atoms with Gasteiger partial charge in [-0.05, 0) is 37.7 Å². The van der Waals surface area contributed by atoms with E-state index < -0.39 is 10.0 Å². The van der Waals surface area contributed by atoms with E-state index in [0.29, 0.717) is 13.1 Å². The van der Waals surface area contributed by atoms with E-state index >= 15 is 0 Å². The first-order valence-electron chi connectivity index (χ1n) is 7.19. The van der Waals surface area contributed by atoms with Gasteiger partial charge in [-0.1, -0.05) is 12.1 Å². The molecule has 1 aromatic rings. The topological polar surface area (TPSA) is 95.7 Å². The number of rotatable bonds is 3. The van der Waals surface area contributed by atoms with E-state index in [0.717, 1.165) is 31.6 Å². The number of urea groups is 1. The number of carbonyl (C=O) groups excluding carboxylic acids is 1. The molecule has 1 aromatic carbocycles. The molecule has 0 saturated carbocycles. The highest BCUT2D eigenvalue weighted by Gasteiger charge is 2.17. The highest BCUT2D eigenvalue weighted by molar-refractivity contribution is 7.89. The Labute approximate surface area is 131 Å².